The molecular formula is C13H11F2N. The summed E-state index contributed by atoms with van der Waals surface area (Å²) in [6.45, 7) is 2.89. The minimum atomic E-state index is -0.398. The number of benzene rings is 2. The second-order valence-corrected chi connectivity index (χ2v) is 4.29. The summed E-state index contributed by atoms with van der Waals surface area (Å²) in [7, 11) is 0. The van der Waals surface area contributed by atoms with Crippen LogP contribution in [-0.2, 0) is 0 Å². The molecular weight excluding hydrogens is 208 g/mol. The van der Waals surface area contributed by atoms with Crippen molar-refractivity contribution in [3.05, 3.63) is 41.5 Å². The lowest BCUT2D eigenvalue weighted by Crippen LogP contribution is -1.96. The fourth-order valence-corrected chi connectivity index (χ4v) is 2.42. The number of nitrogens with one attached hydrogen (secondary N) is 1. The summed E-state index contributed by atoms with van der Waals surface area (Å²) in [5, 5.41) is 4.35. The molecule has 1 N–H and O–H groups in total. The molecule has 0 fully saturated rings. The molecule has 2 aromatic rings. The molecule has 1 unspecified atom stereocenters. The van der Waals surface area contributed by atoms with Crippen molar-refractivity contribution in [3.8, 4) is 0 Å². The first kappa shape index (κ1) is 9.58. The highest BCUT2D eigenvalue weighted by Crippen LogP contribution is 2.38. The van der Waals surface area contributed by atoms with Crippen molar-refractivity contribution in [1.82, 2.24) is 0 Å². The Bertz CT molecular complexity index is 578. The van der Waals surface area contributed by atoms with E-state index in [1.165, 1.54) is 18.2 Å². The van der Waals surface area contributed by atoms with Crippen LogP contribution in [0.4, 0.5) is 14.5 Å². The highest BCUT2D eigenvalue weighted by atomic mass is 19.1. The van der Waals surface area contributed by atoms with Gasteiger partial charge in [0.25, 0.3) is 0 Å². The van der Waals surface area contributed by atoms with Gasteiger partial charge in [-0.05, 0) is 29.1 Å². The van der Waals surface area contributed by atoms with Crippen molar-refractivity contribution in [3.63, 3.8) is 0 Å². The highest BCUT2D eigenvalue weighted by Gasteiger charge is 2.22. The zero-order valence-electron chi connectivity index (χ0n) is 8.85. The highest BCUT2D eigenvalue weighted by molar-refractivity contribution is 5.92. The first-order valence-corrected chi connectivity index (χ1v) is 5.32. The van der Waals surface area contributed by atoms with Crippen molar-refractivity contribution >= 4 is 16.5 Å². The van der Waals surface area contributed by atoms with Gasteiger partial charge in [-0.15, -0.1) is 0 Å². The van der Waals surface area contributed by atoms with Gasteiger partial charge in [-0.3, -0.25) is 0 Å². The quantitative estimate of drug-likeness (QED) is 0.713. The monoisotopic (exact) mass is 219 g/mol. The van der Waals surface area contributed by atoms with Crippen LogP contribution in [0, 0.1) is 11.6 Å². The Morgan fingerprint density at radius 2 is 2.00 bits per heavy atom. The number of rotatable bonds is 0. The van der Waals surface area contributed by atoms with E-state index >= 15 is 0 Å². The average molecular weight is 219 g/mol. The van der Waals surface area contributed by atoms with E-state index in [1.54, 1.807) is 6.07 Å². The maximum Gasteiger partial charge on any atom is 0.133 e. The van der Waals surface area contributed by atoms with Crippen molar-refractivity contribution in [2.75, 3.05) is 11.9 Å². The summed E-state index contributed by atoms with van der Waals surface area (Å²) in [4.78, 5) is 0. The van der Waals surface area contributed by atoms with Gasteiger partial charge in [0, 0.05) is 23.5 Å². The average Bonchev–Trinajstić information content (AvgIpc) is 2.61. The van der Waals surface area contributed by atoms with Crippen LogP contribution in [0.3, 0.4) is 0 Å². The standard InChI is InChI=1S/C13H11F2N/c1-7-6-16-12-5-11(15)10-4-8(14)2-3-9(10)13(7)12/h2-5,7,16H,6H2,1H3. The lowest BCUT2D eigenvalue weighted by molar-refractivity contribution is 0.621. The molecule has 3 rings (SSSR count). The maximum atomic E-state index is 13.7. The lowest BCUT2D eigenvalue weighted by Gasteiger charge is -2.09. The SMILES string of the molecule is CC1CNc2cc(F)c3cc(F)ccc3c21. The van der Waals surface area contributed by atoms with E-state index in [2.05, 4.69) is 12.2 Å². The number of hydrogen-bond donors (Lipinski definition) is 1. The molecule has 0 aromatic heterocycles. The molecule has 1 nitrogen and oxygen atoms in total. The van der Waals surface area contributed by atoms with Crippen LogP contribution in [0.5, 0.6) is 0 Å². The van der Waals surface area contributed by atoms with Gasteiger partial charge in [-0.25, -0.2) is 8.78 Å². The van der Waals surface area contributed by atoms with Crippen LogP contribution in [0.2, 0.25) is 0 Å². The summed E-state index contributed by atoms with van der Waals surface area (Å²) in [6, 6.07) is 5.76. The number of hydrogen-bond acceptors (Lipinski definition) is 1. The van der Waals surface area contributed by atoms with Gasteiger partial charge in [0.05, 0.1) is 0 Å². The smallest absolute Gasteiger partial charge is 0.133 e. The Labute approximate surface area is 92.1 Å². The number of anilines is 1. The Morgan fingerprint density at radius 3 is 2.81 bits per heavy atom. The molecule has 0 saturated carbocycles. The minimum absolute atomic E-state index is 0.337. The zero-order valence-corrected chi connectivity index (χ0v) is 8.85. The summed E-state index contributed by atoms with van der Waals surface area (Å²) in [5.41, 5.74) is 1.93. The molecule has 16 heavy (non-hydrogen) atoms. The third-order valence-electron chi connectivity index (χ3n) is 3.18. The van der Waals surface area contributed by atoms with Gasteiger partial charge in [-0.2, -0.15) is 0 Å². The van der Waals surface area contributed by atoms with E-state index in [0.29, 0.717) is 11.3 Å². The third kappa shape index (κ3) is 1.21. The van der Waals surface area contributed by atoms with Gasteiger partial charge in [0.1, 0.15) is 11.6 Å². The second kappa shape index (κ2) is 3.17. The topological polar surface area (TPSA) is 12.0 Å². The largest absolute Gasteiger partial charge is 0.384 e. The van der Waals surface area contributed by atoms with E-state index in [0.717, 1.165) is 23.2 Å². The molecule has 1 atom stereocenters. The van der Waals surface area contributed by atoms with Crippen LogP contribution in [0.15, 0.2) is 24.3 Å². The van der Waals surface area contributed by atoms with Crippen LogP contribution < -0.4 is 5.32 Å². The van der Waals surface area contributed by atoms with Crippen LogP contribution >= 0.6 is 0 Å². The third-order valence-corrected chi connectivity index (χ3v) is 3.18. The normalized spacial score (nSPS) is 18.6. The van der Waals surface area contributed by atoms with Gasteiger partial charge in [0.15, 0.2) is 0 Å². The van der Waals surface area contributed by atoms with Crippen LogP contribution in [0.1, 0.15) is 18.4 Å². The molecule has 2 aromatic carbocycles. The summed E-state index contributed by atoms with van der Waals surface area (Å²) in [6.07, 6.45) is 0. The van der Waals surface area contributed by atoms with E-state index < -0.39 is 5.82 Å². The Hall–Kier alpha value is -1.64. The molecule has 0 amide bonds. The van der Waals surface area contributed by atoms with Crippen LogP contribution in [-0.4, -0.2) is 6.54 Å². The Kier molecular flexibility index (Phi) is 1.90. The van der Waals surface area contributed by atoms with Gasteiger partial charge < -0.3 is 5.32 Å². The summed E-state index contributed by atoms with van der Waals surface area (Å²) < 4.78 is 26.8. The van der Waals surface area contributed by atoms with Gasteiger partial charge >= 0.3 is 0 Å². The van der Waals surface area contributed by atoms with E-state index in [4.69, 9.17) is 0 Å². The van der Waals surface area contributed by atoms with Crippen molar-refractivity contribution < 1.29 is 8.78 Å². The molecule has 82 valence electrons. The molecule has 1 heterocycles. The minimum Gasteiger partial charge on any atom is -0.384 e. The first-order valence-electron chi connectivity index (χ1n) is 5.32. The van der Waals surface area contributed by atoms with E-state index in [1.807, 2.05) is 0 Å². The number of fused-ring (bicyclic) bond motifs is 3. The van der Waals surface area contributed by atoms with Crippen LogP contribution in [0.25, 0.3) is 10.8 Å². The molecule has 1 aliphatic rings. The second-order valence-electron chi connectivity index (χ2n) is 4.29. The van der Waals surface area contributed by atoms with Crippen molar-refractivity contribution in [2.45, 2.75) is 12.8 Å². The summed E-state index contributed by atoms with van der Waals surface area (Å²) in [5.74, 6) is -0.427. The fraction of sp³-hybridized carbons (Fsp3) is 0.231. The van der Waals surface area contributed by atoms with E-state index in [9.17, 15) is 8.78 Å². The van der Waals surface area contributed by atoms with Gasteiger partial charge in [-0.1, -0.05) is 13.0 Å². The van der Waals surface area contributed by atoms with E-state index in [-0.39, 0.29) is 5.82 Å². The predicted octanol–water partition coefficient (Wildman–Crippen LogP) is 3.65. The molecule has 3 heteroatoms. The maximum absolute atomic E-state index is 13.7. The molecule has 0 spiro atoms. The van der Waals surface area contributed by atoms with Crippen molar-refractivity contribution in [2.24, 2.45) is 0 Å². The predicted molar refractivity (Wildman–Crippen MR) is 60.8 cm³/mol. The molecule has 0 radical (unpaired) electrons. The lowest BCUT2D eigenvalue weighted by atomic mass is 9.96. The molecule has 0 saturated heterocycles. The molecule has 0 aliphatic carbocycles. The fourth-order valence-electron chi connectivity index (χ4n) is 2.42. The molecule has 0 bridgehead atoms. The van der Waals surface area contributed by atoms with Crippen molar-refractivity contribution in [1.29, 1.82) is 0 Å². The number of halogens is 2. The zero-order chi connectivity index (χ0) is 11.3. The first-order chi connectivity index (χ1) is 7.66. The van der Waals surface area contributed by atoms with Gasteiger partial charge in [0.2, 0.25) is 0 Å². The summed E-state index contributed by atoms with van der Waals surface area (Å²) >= 11 is 0. The Balaban J connectivity index is 2.43. The Morgan fingerprint density at radius 1 is 1.19 bits per heavy atom. The molecule has 1 aliphatic heterocycles.